The molecule has 152 valence electrons. The van der Waals surface area contributed by atoms with Crippen molar-refractivity contribution in [2.75, 3.05) is 13.7 Å². The summed E-state index contributed by atoms with van der Waals surface area (Å²) in [7, 11) is 1.46. The van der Waals surface area contributed by atoms with E-state index in [1.54, 1.807) is 12.3 Å². The summed E-state index contributed by atoms with van der Waals surface area (Å²) in [5.41, 5.74) is 6.24. The van der Waals surface area contributed by atoms with Gasteiger partial charge in [0, 0.05) is 42.0 Å². The summed E-state index contributed by atoms with van der Waals surface area (Å²) in [5, 5.41) is 10.5. The molecule has 6 nitrogen and oxygen atoms in total. The number of H-pyrrole nitrogens is 1. The van der Waals surface area contributed by atoms with Gasteiger partial charge in [-0.15, -0.1) is 0 Å². The van der Waals surface area contributed by atoms with Crippen LogP contribution in [0.5, 0.6) is 5.75 Å². The Morgan fingerprint density at radius 1 is 1.21 bits per heavy atom. The number of halogens is 1. The topological polar surface area (TPSA) is 75.7 Å². The van der Waals surface area contributed by atoms with Gasteiger partial charge in [-0.05, 0) is 56.4 Å². The lowest BCUT2D eigenvalue weighted by Crippen LogP contribution is -2.19. The molecule has 2 heterocycles. The van der Waals surface area contributed by atoms with Crippen LogP contribution < -0.4 is 10.1 Å². The number of nitrogens with one attached hydrogen (secondary N) is 2. The fourth-order valence-electron chi connectivity index (χ4n) is 3.90. The van der Waals surface area contributed by atoms with Crippen molar-refractivity contribution in [2.24, 2.45) is 0 Å². The highest BCUT2D eigenvalue weighted by atomic mass is 19.1. The fraction of sp³-hybridized carbons (Fsp3) is 0.409. The summed E-state index contributed by atoms with van der Waals surface area (Å²) in [6.07, 6.45) is 7.17. The Bertz CT molecular complexity index is 1000. The first-order valence-corrected chi connectivity index (χ1v) is 10.1. The van der Waals surface area contributed by atoms with Crippen molar-refractivity contribution in [2.45, 2.75) is 45.6 Å². The Hall–Kier alpha value is -2.80. The molecule has 3 aromatic rings. The molecule has 7 heteroatoms. The van der Waals surface area contributed by atoms with Crippen LogP contribution in [0.1, 0.15) is 41.2 Å². The van der Waals surface area contributed by atoms with Gasteiger partial charge in [0.2, 0.25) is 0 Å². The number of benzene rings is 1. The number of aromatic amines is 1. The normalized spacial score (nSPS) is 13.3. The number of fused-ring (bicyclic) bond motifs is 1. The molecule has 0 amide bonds. The van der Waals surface area contributed by atoms with Gasteiger partial charge in [-0.1, -0.05) is 0 Å². The Morgan fingerprint density at radius 3 is 2.90 bits per heavy atom. The number of hydrogen-bond donors (Lipinski definition) is 2. The zero-order valence-corrected chi connectivity index (χ0v) is 16.9. The fourth-order valence-corrected chi connectivity index (χ4v) is 3.90. The van der Waals surface area contributed by atoms with Crippen molar-refractivity contribution in [1.82, 2.24) is 25.5 Å². The third kappa shape index (κ3) is 4.29. The molecule has 0 spiro atoms. The Balaban J connectivity index is 1.37. The van der Waals surface area contributed by atoms with Crippen LogP contribution in [0, 0.1) is 12.7 Å². The molecule has 0 atom stereocenters. The minimum atomic E-state index is -0.390. The molecule has 1 aliphatic rings. The van der Waals surface area contributed by atoms with E-state index >= 15 is 0 Å². The second-order valence-corrected chi connectivity index (χ2v) is 7.40. The molecule has 0 saturated carbocycles. The van der Waals surface area contributed by atoms with Crippen LogP contribution in [0.25, 0.3) is 11.3 Å². The highest BCUT2D eigenvalue weighted by Crippen LogP contribution is 2.26. The molecule has 2 aromatic heterocycles. The van der Waals surface area contributed by atoms with Gasteiger partial charge < -0.3 is 10.1 Å². The molecule has 1 aliphatic carbocycles. The van der Waals surface area contributed by atoms with E-state index in [1.165, 1.54) is 37.3 Å². The zero-order chi connectivity index (χ0) is 20.2. The van der Waals surface area contributed by atoms with Crippen LogP contribution in [0.15, 0.2) is 24.4 Å². The van der Waals surface area contributed by atoms with E-state index in [9.17, 15) is 4.39 Å². The summed E-state index contributed by atoms with van der Waals surface area (Å²) >= 11 is 0. The predicted molar refractivity (Wildman–Crippen MR) is 109 cm³/mol. The standard InChI is InChI=1S/C22H26FN5O/c1-14-17-5-3-4-6-19(17)27-21(26-14)9-10-24-12-16-13-25-28-22(16)15-7-8-20(29-2)18(23)11-15/h7-8,11,13,24H,3-6,9-10,12H2,1-2H3,(H,25,28). The van der Waals surface area contributed by atoms with Gasteiger partial charge >= 0.3 is 0 Å². The number of aryl methyl sites for hydroxylation is 2. The number of rotatable bonds is 7. The van der Waals surface area contributed by atoms with Gasteiger partial charge in [0.1, 0.15) is 5.82 Å². The van der Waals surface area contributed by atoms with Crippen LogP contribution in [0.4, 0.5) is 4.39 Å². The van der Waals surface area contributed by atoms with Gasteiger partial charge in [0.15, 0.2) is 11.6 Å². The molecular formula is C22H26FN5O. The second kappa shape index (κ2) is 8.69. The lowest BCUT2D eigenvalue weighted by atomic mass is 9.95. The number of methoxy groups -OCH3 is 1. The molecule has 2 N–H and O–H groups in total. The Kier molecular flexibility index (Phi) is 5.85. The molecule has 0 radical (unpaired) electrons. The lowest BCUT2D eigenvalue weighted by molar-refractivity contribution is 0.386. The van der Waals surface area contributed by atoms with E-state index in [-0.39, 0.29) is 5.75 Å². The first kappa shape index (κ1) is 19.5. The van der Waals surface area contributed by atoms with Gasteiger partial charge in [-0.25, -0.2) is 14.4 Å². The van der Waals surface area contributed by atoms with Crippen molar-refractivity contribution in [3.05, 3.63) is 58.6 Å². The zero-order valence-electron chi connectivity index (χ0n) is 16.9. The van der Waals surface area contributed by atoms with Crippen LogP contribution in [0.3, 0.4) is 0 Å². The third-order valence-electron chi connectivity index (χ3n) is 5.44. The lowest BCUT2D eigenvalue weighted by Gasteiger charge is -2.17. The molecule has 4 rings (SSSR count). The molecule has 0 unspecified atom stereocenters. The summed E-state index contributed by atoms with van der Waals surface area (Å²) in [6.45, 7) is 3.48. The maximum atomic E-state index is 14.0. The van der Waals surface area contributed by atoms with Gasteiger partial charge in [-0.3, -0.25) is 5.10 Å². The van der Waals surface area contributed by atoms with E-state index in [1.807, 2.05) is 6.07 Å². The van der Waals surface area contributed by atoms with E-state index < -0.39 is 5.82 Å². The summed E-state index contributed by atoms with van der Waals surface area (Å²) in [6, 6.07) is 4.90. The van der Waals surface area contributed by atoms with Crippen molar-refractivity contribution in [3.8, 4) is 17.0 Å². The molecular weight excluding hydrogens is 369 g/mol. The maximum absolute atomic E-state index is 14.0. The average Bonchev–Trinajstić information content (AvgIpc) is 3.20. The van der Waals surface area contributed by atoms with Gasteiger partial charge in [0.25, 0.3) is 0 Å². The predicted octanol–water partition coefficient (Wildman–Crippen LogP) is 3.53. The Labute approximate surface area is 169 Å². The average molecular weight is 395 g/mol. The third-order valence-corrected chi connectivity index (χ3v) is 5.44. The number of aromatic nitrogens is 4. The highest BCUT2D eigenvalue weighted by molar-refractivity contribution is 5.63. The van der Waals surface area contributed by atoms with Crippen molar-refractivity contribution in [3.63, 3.8) is 0 Å². The number of hydrogen-bond acceptors (Lipinski definition) is 5. The SMILES string of the molecule is COc1ccc(-c2[nH]ncc2CNCCc2nc(C)c3c(n2)CCCC3)cc1F. The molecule has 0 fully saturated rings. The summed E-state index contributed by atoms with van der Waals surface area (Å²) in [5.74, 6) is 0.743. The molecule has 1 aromatic carbocycles. The largest absolute Gasteiger partial charge is 0.494 e. The minimum Gasteiger partial charge on any atom is -0.494 e. The number of nitrogens with zero attached hydrogens (tertiary/aromatic N) is 3. The van der Waals surface area contributed by atoms with E-state index in [0.717, 1.165) is 54.1 Å². The van der Waals surface area contributed by atoms with Crippen LogP contribution in [-0.2, 0) is 25.8 Å². The quantitative estimate of drug-likeness (QED) is 0.599. The van der Waals surface area contributed by atoms with E-state index in [4.69, 9.17) is 9.72 Å². The minimum absolute atomic E-state index is 0.230. The summed E-state index contributed by atoms with van der Waals surface area (Å²) in [4.78, 5) is 9.47. The van der Waals surface area contributed by atoms with Crippen LogP contribution in [-0.4, -0.2) is 33.8 Å². The second-order valence-electron chi connectivity index (χ2n) is 7.40. The van der Waals surface area contributed by atoms with Crippen molar-refractivity contribution in [1.29, 1.82) is 0 Å². The maximum Gasteiger partial charge on any atom is 0.165 e. The van der Waals surface area contributed by atoms with Gasteiger partial charge in [-0.2, -0.15) is 5.10 Å². The monoisotopic (exact) mass is 395 g/mol. The van der Waals surface area contributed by atoms with Crippen LogP contribution >= 0.6 is 0 Å². The highest BCUT2D eigenvalue weighted by Gasteiger charge is 2.15. The van der Waals surface area contributed by atoms with Gasteiger partial charge in [0.05, 0.1) is 19.0 Å². The van der Waals surface area contributed by atoms with Crippen molar-refractivity contribution < 1.29 is 9.13 Å². The van der Waals surface area contributed by atoms with E-state index in [2.05, 4.69) is 27.4 Å². The molecule has 0 bridgehead atoms. The molecule has 0 saturated heterocycles. The Morgan fingerprint density at radius 2 is 2.07 bits per heavy atom. The van der Waals surface area contributed by atoms with Crippen molar-refractivity contribution >= 4 is 0 Å². The first-order valence-electron chi connectivity index (χ1n) is 10.1. The number of ether oxygens (including phenoxy) is 1. The molecule has 0 aliphatic heterocycles. The smallest absolute Gasteiger partial charge is 0.165 e. The van der Waals surface area contributed by atoms with Crippen LogP contribution in [0.2, 0.25) is 0 Å². The van der Waals surface area contributed by atoms with E-state index in [0.29, 0.717) is 6.54 Å². The molecule has 29 heavy (non-hydrogen) atoms. The first-order chi connectivity index (χ1) is 14.2. The summed E-state index contributed by atoms with van der Waals surface area (Å²) < 4.78 is 19.0.